The standard InChI is InChI=1S/C20H18N2O4S2/c1-25-14-9-7-13(8-10-14)17-11-27-20(22-17)28-12-18(23)21-16-6-4-3-5-15(16)19(24)26-2/h3-11H,12H2,1-2H3,(H,21,23). The number of carbonyl (C=O) groups excluding carboxylic acids is 2. The van der Waals surface area contributed by atoms with Gasteiger partial charge >= 0.3 is 5.97 Å². The molecule has 1 N–H and O–H groups in total. The minimum atomic E-state index is -0.493. The lowest BCUT2D eigenvalue weighted by molar-refractivity contribution is -0.113. The lowest BCUT2D eigenvalue weighted by atomic mass is 10.2. The van der Waals surface area contributed by atoms with E-state index in [1.807, 2.05) is 29.6 Å². The molecule has 0 radical (unpaired) electrons. The zero-order chi connectivity index (χ0) is 19.9. The van der Waals surface area contributed by atoms with Crippen LogP contribution in [0, 0.1) is 0 Å². The highest BCUT2D eigenvalue weighted by Gasteiger charge is 2.14. The van der Waals surface area contributed by atoms with Crippen molar-refractivity contribution in [1.82, 2.24) is 4.98 Å². The topological polar surface area (TPSA) is 77.5 Å². The Morgan fingerprint density at radius 3 is 2.57 bits per heavy atom. The van der Waals surface area contributed by atoms with E-state index in [2.05, 4.69) is 10.3 Å². The van der Waals surface area contributed by atoms with Crippen molar-refractivity contribution in [2.24, 2.45) is 0 Å². The molecule has 0 saturated heterocycles. The summed E-state index contributed by atoms with van der Waals surface area (Å²) in [5, 5.41) is 4.70. The zero-order valence-electron chi connectivity index (χ0n) is 15.3. The maximum atomic E-state index is 12.3. The van der Waals surface area contributed by atoms with E-state index in [-0.39, 0.29) is 11.7 Å². The zero-order valence-corrected chi connectivity index (χ0v) is 16.9. The van der Waals surface area contributed by atoms with Gasteiger partial charge in [-0.05, 0) is 36.4 Å². The summed E-state index contributed by atoms with van der Waals surface area (Å²) in [4.78, 5) is 28.6. The quantitative estimate of drug-likeness (QED) is 0.458. The Balaban J connectivity index is 1.60. The average molecular weight is 415 g/mol. The molecule has 0 aliphatic rings. The molecule has 1 heterocycles. The van der Waals surface area contributed by atoms with Gasteiger partial charge in [0.2, 0.25) is 5.91 Å². The lowest BCUT2D eigenvalue weighted by Crippen LogP contribution is -2.17. The second-order valence-electron chi connectivity index (χ2n) is 5.60. The molecule has 3 rings (SSSR count). The number of benzene rings is 2. The third-order valence-corrected chi connectivity index (χ3v) is 5.82. The highest BCUT2D eigenvalue weighted by Crippen LogP contribution is 2.29. The summed E-state index contributed by atoms with van der Waals surface area (Å²) < 4.78 is 10.7. The fourth-order valence-electron chi connectivity index (χ4n) is 2.41. The number of hydrogen-bond donors (Lipinski definition) is 1. The second kappa shape index (κ2) is 9.38. The predicted molar refractivity (Wildman–Crippen MR) is 111 cm³/mol. The van der Waals surface area contributed by atoms with Crippen LogP contribution >= 0.6 is 23.1 Å². The molecule has 3 aromatic rings. The summed E-state index contributed by atoms with van der Waals surface area (Å²) in [6, 6.07) is 14.4. The molecule has 0 fully saturated rings. The van der Waals surface area contributed by atoms with Crippen LogP contribution in [0.1, 0.15) is 10.4 Å². The van der Waals surface area contributed by atoms with Crippen molar-refractivity contribution < 1.29 is 19.1 Å². The molecule has 2 aromatic carbocycles. The molecule has 0 saturated carbocycles. The number of rotatable bonds is 7. The fraction of sp³-hybridized carbons (Fsp3) is 0.150. The Kier molecular flexibility index (Phi) is 6.67. The molecular formula is C20H18N2O4S2. The summed E-state index contributed by atoms with van der Waals surface area (Å²) in [6.45, 7) is 0. The van der Waals surface area contributed by atoms with Crippen LogP contribution in [-0.2, 0) is 9.53 Å². The first-order valence-corrected chi connectivity index (χ1v) is 10.2. The van der Waals surface area contributed by atoms with Gasteiger partial charge in [-0.1, -0.05) is 23.9 Å². The molecule has 8 heteroatoms. The van der Waals surface area contributed by atoms with Gasteiger partial charge in [0.05, 0.1) is 36.9 Å². The van der Waals surface area contributed by atoms with Crippen LogP contribution in [0.3, 0.4) is 0 Å². The Labute approximate surface area is 170 Å². The van der Waals surface area contributed by atoms with Crippen LogP contribution in [0.4, 0.5) is 5.69 Å². The maximum Gasteiger partial charge on any atom is 0.339 e. The number of hydrogen-bond acceptors (Lipinski definition) is 7. The number of ether oxygens (including phenoxy) is 2. The molecule has 0 aliphatic heterocycles. The minimum absolute atomic E-state index is 0.186. The van der Waals surface area contributed by atoms with Gasteiger partial charge in [0.1, 0.15) is 5.75 Å². The molecule has 0 aliphatic carbocycles. The van der Waals surface area contributed by atoms with Gasteiger partial charge in [-0.3, -0.25) is 4.79 Å². The molecule has 0 spiro atoms. The normalized spacial score (nSPS) is 10.4. The van der Waals surface area contributed by atoms with Gasteiger partial charge in [0, 0.05) is 10.9 Å². The predicted octanol–water partition coefficient (Wildman–Crippen LogP) is 4.34. The fourth-order valence-corrected chi connectivity index (χ4v) is 4.05. The van der Waals surface area contributed by atoms with Crippen LogP contribution in [-0.4, -0.2) is 36.8 Å². The molecule has 144 valence electrons. The van der Waals surface area contributed by atoms with Crippen molar-refractivity contribution in [1.29, 1.82) is 0 Å². The van der Waals surface area contributed by atoms with Crippen molar-refractivity contribution in [3.63, 3.8) is 0 Å². The van der Waals surface area contributed by atoms with E-state index < -0.39 is 5.97 Å². The van der Waals surface area contributed by atoms with Crippen LogP contribution in [0.25, 0.3) is 11.3 Å². The molecule has 28 heavy (non-hydrogen) atoms. The first-order valence-electron chi connectivity index (χ1n) is 8.30. The highest BCUT2D eigenvalue weighted by molar-refractivity contribution is 8.01. The monoisotopic (exact) mass is 414 g/mol. The summed E-state index contributed by atoms with van der Waals surface area (Å²) in [7, 11) is 2.93. The van der Waals surface area contributed by atoms with Crippen molar-refractivity contribution in [2.75, 3.05) is 25.3 Å². The van der Waals surface area contributed by atoms with Crippen LogP contribution in [0.15, 0.2) is 58.3 Å². The van der Waals surface area contributed by atoms with Crippen LogP contribution in [0.2, 0.25) is 0 Å². The number of carbonyl (C=O) groups is 2. The van der Waals surface area contributed by atoms with E-state index >= 15 is 0 Å². The Hall–Kier alpha value is -2.84. The SMILES string of the molecule is COC(=O)c1ccccc1NC(=O)CSc1nc(-c2ccc(OC)cc2)cs1. The molecule has 1 amide bonds. The highest BCUT2D eigenvalue weighted by atomic mass is 32.2. The molecule has 0 atom stereocenters. The Morgan fingerprint density at radius 2 is 1.86 bits per heavy atom. The van der Waals surface area contributed by atoms with Crippen molar-refractivity contribution in [3.05, 3.63) is 59.5 Å². The van der Waals surface area contributed by atoms with Gasteiger partial charge < -0.3 is 14.8 Å². The number of nitrogens with one attached hydrogen (secondary N) is 1. The number of anilines is 1. The van der Waals surface area contributed by atoms with E-state index in [1.165, 1.54) is 30.2 Å². The van der Waals surface area contributed by atoms with Gasteiger partial charge in [0.25, 0.3) is 0 Å². The second-order valence-corrected chi connectivity index (χ2v) is 7.68. The number of nitrogens with zero attached hydrogens (tertiary/aromatic N) is 1. The van der Waals surface area contributed by atoms with Gasteiger partial charge in [-0.25, -0.2) is 9.78 Å². The number of para-hydroxylation sites is 1. The maximum absolute atomic E-state index is 12.3. The smallest absolute Gasteiger partial charge is 0.339 e. The van der Waals surface area contributed by atoms with E-state index in [9.17, 15) is 9.59 Å². The first-order chi connectivity index (χ1) is 13.6. The number of thiazole rings is 1. The average Bonchev–Trinajstić information content (AvgIpc) is 3.21. The largest absolute Gasteiger partial charge is 0.497 e. The van der Waals surface area contributed by atoms with E-state index in [0.29, 0.717) is 11.3 Å². The number of thioether (sulfide) groups is 1. The summed E-state index contributed by atoms with van der Waals surface area (Å²) in [5.74, 6) is 0.262. The lowest BCUT2D eigenvalue weighted by Gasteiger charge is -2.08. The molecule has 6 nitrogen and oxygen atoms in total. The third kappa shape index (κ3) is 4.90. The third-order valence-electron chi connectivity index (χ3n) is 3.80. The summed E-state index contributed by atoms with van der Waals surface area (Å²) >= 11 is 2.83. The molecule has 1 aromatic heterocycles. The molecule has 0 bridgehead atoms. The number of methoxy groups -OCH3 is 2. The van der Waals surface area contributed by atoms with Crippen molar-refractivity contribution in [2.45, 2.75) is 4.34 Å². The number of aromatic nitrogens is 1. The molecule has 0 unspecified atom stereocenters. The first kappa shape index (κ1) is 19.9. The Morgan fingerprint density at radius 1 is 1.11 bits per heavy atom. The Bertz CT molecular complexity index is 970. The van der Waals surface area contributed by atoms with Crippen LogP contribution < -0.4 is 10.1 Å². The van der Waals surface area contributed by atoms with E-state index in [0.717, 1.165) is 21.3 Å². The van der Waals surface area contributed by atoms with Gasteiger partial charge in [0.15, 0.2) is 4.34 Å². The number of esters is 1. The van der Waals surface area contributed by atoms with E-state index in [1.54, 1.807) is 31.4 Å². The minimum Gasteiger partial charge on any atom is -0.497 e. The summed E-state index contributed by atoms with van der Waals surface area (Å²) in [6.07, 6.45) is 0. The molecular weight excluding hydrogens is 396 g/mol. The van der Waals surface area contributed by atoms with E-state index in [4.69, 9.17) is 9.47 Å². The van der Waals surface area contributed by atoms with Gasteiger partial charge in [-0.15, -0.1) is 11.3 Å². The summed E-state index contributed by atoms with van der Waals surface area (Å²) in [5.41, 5.74) is 2.59. The van der Waals surface area contributed by atoms with Crippen molar-refractivity contribution in [3.8, 4) is 17.0 Å². The number of amides is 1. The van der Waals surface area contributed by atoms with Gasteiger partial charge in [-0.2, -0.15) is 0 Å². The van der Waals surface area contributed by atoms with Crippen LogP contribution in [0.5, 0.6) is 5.75 Å². The van der Waals surface area contributed by atoms with Crippen molar-refractivity contribution >= 4 is 40.7 Å².